The number of hydrogen-bond acceptors (Lipinski definition) is 3. The molecule has 0 amide bonds. The van der Waals surface area contributed by atoms with E-state index < -0.39 is 0 Å². The Morgan fingerprint density at radius 2 is 2.18 bits per heavy atom. The van der Waals surface area contributed by atoms with Crippen molar-refractivity contribution in [3.63, 3.8) is 0 Å². The minimum atomic E-state index is -0.316. The van der Waals surface area contributed by atoms with E-state index in [1.165, 1.54) is 0 Å². The fourth-order valence-corrected chi connectivity index (χ4v) is 1.90. The molecule has 0 aliphatic rings. The van der Waals surface area contributed by atoms with E-state index in [2.05, 4.69) is 4.98 Å². The van der Waals surface area contributed by atoms with E-state index >= 15 is 0 Å². The first kappa shape index (κ1) is 10.1. The Labute approximate surface area is 98.7 Å². The number of aromatic nitrogens is 2. The van der Waals surface area contributed by atoms with Crippen molar-refractivity contribution in [1.29, 1.82) is 0 Å². The number of para-hydroxylation sites is 1. The number of benzene rings is 1. The number of nitrogens with zero attached hydrogens (tertiary/aromatic N) is 2. The summed E-state index contributed by atoms with van der Waals surface area (Å²) in [7, 11) is 1.92. The van der Waals surface area contributed by atoms with E-state index in [0.717, 1.165) is 22.4 Å². The van der Waals surface area contributed by atoms with Gasteiger partial charge in [0.2, 0.25) is 0 Å². The van der Waals surface area contributed by atoms with Gasteiger partial charge >= 0.3 is 0 Å². The molecule has 4 nitrogen and oxygen atoms in total. The predicted molar refractivity (Wildman–Crippen MR) is 65.5 cm³/mol. The molecule has 0 bridgehead atoms. The minimum absolute atomic E-state index is 0.316. The topological polar surface area (TPSA) is 57.0 Å². The third-order valence-corrected chi connectivity index (χ3v) is 2.79. The van der Waals surface area contributed by atoms with E-state index in [1.807, 2.05) is 48.1 Å². The summed E-state index contributed by atoms with van der Waals surface area (Å²) in [6.07, 6.45) is 3.63. The molecule has 0 aliphatic heterocycles. The molecule has 0 saturated heterocycles. The summed E-state index contributed by atoms with van der Waals surface area (Å²) in [6, 6.07) is 9.52. The highest BCUT2D eigenvalue weighted by molar-refractivity contribution is 5.77. The van der Waals surface area contributed by atoms with Gasteiger partial charge in [0.25, 0.3) is 0 Å². The maximum Gasteiger partial charge on any atom is 0.134 e. The molecule has 2 N–H and O–H groups in total. The van der Waals surface area contributed by atoms with E-state index in [9.17, 15) is 0 Å². The molecular formula is C13H13N3O. The molecule has 4 heteroatoms. The highest BCUT2D eigenvalue weighted by Gasteiger charge is 2.16. The van der Waals surface area contributed by atoms with Crippen LogP contribution in [0.4, 0.5) is 0 Å². The van der Waals surface area contributed by atoms with Gasteiger partial charge in [0.1, 0.15) is 17.4 Å². The molecule has 0 fully saturated rings. The molecule has 86 valence electrons. The summed E-state index contributed by atoms with van der Waals surface area (Å²) in [5.74, 6) is 0.741. The average Bonchev–Trinajstić information content (AvgIpc) is 2.93. The lowest BCUT2D eigenvalue weighted by Crippen LogP contribution is -2.11. The third-order valence-electron chi connectivity index (χ3n) is 2.79. The SMILES string of the molecule is Cn1cnc(C(N)c2cc3ccccc3o2)c1. The largest absolute Gasteiger partial charge is 0.459 e. The number of furan rings is 1. The second-order valence-corrected chi connectivity index (χ2v) is 4.13. The quantitative estimate of drug-likeness (QED) is 0.730. The van der Waals surface area contributed by atoms with Crippen LogP contribution in [-0.4, -0.2) is 9.55 Å². The normalized spacial score (nSPS) is 13.1. The Bertz CT molecular complexity index is 620. The van der Waals surface area contributed by atoms with Crippen LogP contribution in [-0.2, 0) is 7.05 Å². The first-order valence-corrected chi connectivity index (χ1v) is 5.46. The fraction of sp³-hybridized carbons (Fsp3) is 0.154. The zero-order valence-corrected chi connectivity index (χ0v) is 9.50. The van der Waals surface area contributed by atoms with Gasteiger partial charge in [-0.15, -0.1) is 0 Å². The maximum atomic E-state index is 6.12. The van der Waals surface area contributed by atoms with Gasteiger partial charge in [0.05, 0.1) is 12.0 Å². The molecule has 1 aromatic carbocycles. The molecule has 2 aromatic heterocycles. The number of fused-ring (bicyclic) bond motifs is 1. The van der Waals surface area contributed by atoms with Crippen molar-refractivity contribution in [2.24, 2.45) is 12.8 Å². The first-order valence-electron chi connectivity index (χ1n) is 5.46. The lowest BCUT2D eigenvalue weighted by atomic mass is 10.1. The monoisotopic (exact) mass is 227 g/mol. The summed E-state index contributed by atoms with van der Waals surface area (Å²) in [4.78, 5) is 4.24. The van der Waals surface area contributed by atoms with Crippen molar-refractivity contribution in [3.8, 4) is 0 Å². The molecule has 1 unspecified atom stereocenters. The second-order valence-electron chi connectivity index (χ2n) is 4.13. The zero-order valence-electron chi connectivity index (χ0n) is 9.50. The predicted octanol–water partition coefficient (Wildman–Crippen LogP) is 2.21. The van der Waals surface area contributed by atoms with E-state index in [-0.39, 0.29) is 6.04 Å². The highest BCUT2D eigenvalue weighted by atomic mass is 16.3. The van der Waals surface area contributed by atoms with Crippen LogP contribution in [0.5, 0.6) is 0 Å². The Kier molecular flexibility index (Phi) is 2.23. The Balaban J connectivity index is 2.03. The Morgan fingerprint density at radius 1 is 1.35 bits per heavy atom. The third kappa shape index (κ3) is 1.72. The molecule has 0 aliphatic carbocycles. The van der Waals surface area contributed by atoms with E-state index in [1.54, 1.807) is 6.33 Å². The van der Waals surface area contributed by atoms with Crippen LogP contribution in [0.2, 0.25) is 0 Å². The van der Waals surface area contributed by atoms with Crippen LogP contribution in [0.1, 0.15) is 17.5 Å². The molecule has 0 saturated carbocycles. The van der Waals surface area contributed by atoms with Crippen molar-refractivity contribution in [2.75, 3.05) is 0 Å². The molecule has 17 heavy (non-hydrogen) atoms. The number of nitrogens with two attached hydrogens (primary N) is 1. The van der Waals surface area contributed by atoms with Gasteiger partial charge in [0, 0.05) is 18.6 Å². The van der Waals surface area contributed by atoms with Crippen LogP contribution < -0.4 is 5.73 Å². The smallest absolute Gasteiger partial charge is 0.134 e. The van der Waals surface area contributed by atoms with E-state index in [0.29, 0.717) is 0 Å². The first-order chi connectivity index (χ1) is 8.24. The summed E-state index contributed by atoms with van der Waals surface area (Å²) < 4.78 is 7.59. The van der Waals surface area contributed by atoms with Crippen molar-refractivity contribution < 1.29 is 4.42 Å². The molecule has 3 rings (SSSR count). The van der Waals surface area contributed by atoms with Gasteiger partial charge in [0.15, 0.2) is 0 Å². The zero-order chi connectivity index (χ0) is 11.8. The standard InChI is InChI=1S/C13H13N3O/c1-16-7-10(15-8-16)13(14)12-6-9-4-2-3-5-11(9)17-12/h2-8,13H,14H2,1H3. The highest BCUT2D eigenvalue weighted by Crippen LogP contribution is 2.25. The van der Waals surface area contributed by atoms with Crippen LogP contribution in [0.15, 0.2) is 47.3 Å². The van der Waals surface area contributed by atoms with Gasteiger partial charge in [-0.05, 0) is 12.1 Å². The fourth-order valence-electron chi connectivity index (χ4n) is 1.90. The average molecular weight is 227 g/mol. The van der Waals surface area contributed by atoms with Gasteiger partial charge in [-0.2, -0.15) is 0 Å². The van der Waals surface area contributed by atoms with Crippen molar-refractivity contribution in [1.82, 2.24) is 9.55 Å². The molecule has 2 heterocycles. The van der Waals surface area contributed by atoms with Crippen LogP contribution in [0.25, 0.3) is 11.0 Å². The molecule has 0 radical (unpaired) electrons. The lowest BCUT2D eigenvalue weighted by Gasteiger charge is -2.03. The van der Waals surface area contributed by atoms with Crippen molar-refractivity contribution in [2.45, 2.75) is 6.04 Å². The molecule has 3 aromatic rings. The van der Waals surface area contributed by atoms with E-state index in [4.69, 9.17) is 10.2 Å². The summed E-state index contributed by atoms with van der Waals surface area (Å²) in [5.41, 5.74) is 7.79. The summed E-state index contributed by atoms with van der Waals surface area (Å²) in [5, 5.41) is 1.06. The Hall–Kier alpha value is -2.07. The van der Waals surface area contributed by atoms with Crippen molar-refractivity contribution >= 4 is 11.0 Å². The van der Waals surface area contributed by atoms with Gasteiger partial charge in [-0.25, -0.2) is 4.98 Å². The molecule has 1 atom stereocenters. The van der Waals surface area contributed by atoms with Crippen LogP contribution >= 0.6 is 0 Å². The summed E-state index contributed by atoms with van der Waals surface area (Å²) >= 11 is 0. The van der Waals surface area contributed by atoms with Crippen LogP contribution in [0.3, 0.4) is 0 Å². The molecular weight excluding hydrogens is 214 g/mol. The van der Waals surface area contributed by atoms with Crippen LogP contribution in [0, 0.1) is 0 Å². The lowest BCUT2D eigenvalue weighted by molar-refractivity contribution is 0.521. The second kappa shape index (κ2) is 3.75. The molecule has 0 spiro atoms. The van der Waals surface area contributed by atoms with Gasteiger partial charge < -0.3 is 14.7 Å². The van der Waals surface area contributed by atoms with Gasteiger partial charge in [-0.1, -0.05) is 18.2 Å². The van der Waals surface area contributed by atoms with Gasteiger partial charge in [-0.3, -0.25) is 0 Å². The number of hydrogen-bond donors (Lipinski definition) is 1. The number of aryl methyl sites for hydroxylation is 1. The minimum Gasteiger partial charge on any atom is -0.459 e. The maximum absolute atomic E-state index is 6.12. The number of rotatable bonds is 2. The summed E-state index contributed by atoms with van der Waals surface area (Å²) in [6.45, 7) is 0. The number of imidazole rings is 1. The van der Waals surface area contributed by atoms with Crippen molar-refractivity contribution in [3.05, 3.63) is 54.3 Å². The Morgan fingerprint density at radius 3 is 2.88 bits per heavy atom.